The Balaban J connectivity index is 2.04. The first-order chi connectivity index (χ1) is 7.18. The Morgan fingerprint density at radius 3 is 2.80 bits per heavy atom. The van der Waals surface area contributed by atoms with E-state index in [4.69, 9.17) is 0 Å². The Morgan fingerprint density at radius 1 is 1.47 bits per heavy atom. The molecule has 0 aromatic carbocycles. The smallest absolute Gasteiger partial charge is 0.256 e. The summed E-state index contributed by atoms with van der Waals surface area (Å²) >= 11 is 0. The molecular formula is C11H14N2O2. The molecule has 1 N–H and O–H groups in total. The van der Waals surface area contributed by atoms with Crippen molar-refractivity contribution in [3.05, 3.63) is 23.3 Å². The molecule has 2 aliphatic heterocycles. The van der Waals surface area contributed by atoms with Gasteiger partial charge in [0.05, 0.1) is 6.54 Å². The average Bonchev–Trinajstić information content (AvgIpc) is 2.47. The molecule has 15 heavy (non-hydrogen) atoms. The predicted octanol–water partition coefficient (Wildman–Crippen LogP) is 0.221. The Morgan fingerprint density at radius 2 is 2.27 bits per heavy atom. The van der Waals surface area contributed by atoms with E-state index in [9.17, 15) is 9.59 Å². The number of rotatable bonds is 2. The fourth-order valence-corrected chi connectivity index (χ4v) is 1.80. The van der Waals surface area contributed by atoms with Crippen molar-refractivity contribution < 1.29 is 9.59 Å². The summed E-state index contributed by atoms with van der Waals surface area (Å²) in [4.78, 5) is 24.4. The summed E-state index contributed by atoms with van der Waals surface area (Å²) in [5, 5.41) is 3.19. The van der Waals surface area contributed by atoms with Gasteiger partial charge in [0.1, 0.15) is 0 Å². The zero-order valence-corrected chi connectivity index (χ0v) is 8.75. The molecule has 0 saturated heterocycles. The molecule has 2 rings (SSSR count). The highest BCUT2D eigenvalue weighted by molar-refractivity contribution is 6.16. The quantitative estimate of drug-likeness (QED) is 0.519. The van der Waals surface area contributed by atoms with Crippen molar-refractivity contribution in [1.82, 2.24) is 10.2 Å². The second kappa shape index (κ2) is 3.98. The van der Waals surface area contributed by atoms with E-state index in [2.05, 4.69) is 11.4 Å². The van der Waals surface area contributed by atoms with Crippen molar-refractivity contribution in [3.63, 3.8) is 0 Å². The van der Waals surface area contributed by atoms with E-state index in [-0.39, 0.29) is 11.8 Å². The van der Waals surface area contributed by atoms with Gasteiger partial charge in [-0.1, -0.05) is 11.6 Å². The third-order valence-electron chi connectivity index (χ3n) is 2.71. The Kier molecular flexibility index (Phi) is 2.68. The third-order valence-corrected chi connectivity index (χ3v) is 2.71. The van der Waals surface area contributed by atoms with Crippen molar-refractivity contribution in [2.75, 3.05) is 19.6 Å². The molecule has 0 aromatic heterocycles. The lowest BCUT2D eigenvalue weighted by molar-refractivity contribution is -0.136. The van der Waals surface area contributed by atoms with E-state index < -0.39 is 0 Å². The summed E-state index contributed by atoms with van der Waals surface area (Å²) in [6.45, 7) is 3.89. The van der Waals surface area contributed by atoms with Crippen LogP contribution in [0, 0.1) is 0 Å². The molecule has 0 spiro atoms. The van der Waals surface area contributed by atoms with Crippen LogP contribution in [0.4, 0.5) is 0 Å². The highest BCUT2D eigenvalue weighted by atomic mass is 16.2. The Hall–Kier alpha value is -1.42. The molecule has 80 valence electrons. The van der Waals surface area contributed by atoms with E-state index in [1.54, 1.807) is 6.92 Å². The molecule has 2 aliphatic rings. The van der Waals surface area contributed by atoms with E-state index in [0.29, 0.717) is 12.1 Å². The van der Waals surface area contributed by atoms with E-state index in [1.807, 2.05) is 0 Å². The van der Waals surface area contributed by atoms with Gasteiger partial charge in [-0.15, -0.1) is 0 Å². The zero-order valence-electron chi connectivity index (χ0n) is 8.75. The van der Waals surface area contributed by atoms with Crippen LogP contribution in [-0.4, -0.2) is 36.3 Å². The minimum Gasteiger partial charge on any atom is -0.313 e. The number of nitrogens with one attached hydrogen (secondary N) is 1. The van der Waals surface area contributed by atoms with Crippen LogP contribution in [0.2, 0.25) is 0 Å². The molecule has 2 heterocycles. The standard InChI is InChI=1S/C11H14N2O2/c1-8-6-10(14)13(11(8)15)7-9-2-4-12-5-3-9/h2,6,12H,3-5,7H2,1H3. The van der Waals surface area contributed by atoms with Crippen molar-refractivity contribution in [2.24, 2.45) is 0 Å². The summed E-state index contributed by atoms with van der Waals surface area (Å²) in [5.41, 5.74) is 1.70. The van der Waals surface area contributed by atoms with Crippen molar-refractivity contribution in [1.29, 1.82) is 0 Å². The Bertz CT molecular complexity index is 369. The molecule has 0 aromatic rings. The first kappa shape index (κ1) is 10.1. The van der Waals surface area contributed by atoms with E-state index >= 15 is 0 Å². The lowest BCUT2D eigenvalue weighted by Crippen LogP contribution is -2.34. The molecular weight excluding hydrogens is 192 g/mol. The minimum absolute atomic E-state index is 0.153. The molecule has 0 unspecified atom stereocenters. The molecule has 0 atom stereocenters. The van der Waals surface area contributed by atoms with Gasteiger partial charge in [-0.3, -0.25) is 14.5 Å². The number of hydrogen-bond donors (Lipinski definition) is 1. The van der Waals surface area contributed by atoms with Crippen LogP contribution in [0.15, 0.2) is 23.3 Å². The van der Waals surface area contributed by atoms with Crippen molar-refractivity contribution in [3.8, 4) is 0 Å². The number of nitrogens with zero attached hydrogens (tertiary/aromatic N) is 1. The van der Waals surface area contributed by atoms with Gasteiger partial charge in [0.2, 0.25) is 0 Å². The van der Waals surface area contributed by atoms with Crippen LogP contribution in [-0.2, 0) is 9.59 Å². The summed E-state index contributed by atoms with van der Waals surface area (Å²) in [7, 11) is 0. The number of imide groups is 1. The monoisotopic (exact) mass is 206 g/mol. The van der Waals surface area contributed by atoms with Gasteiger partial charge in [-0.05, 0) is 19.9 Å². The summed E-state index contributed by atoms with van der Waals surface area (Å²) in [6.07, 6.45) is 4.37. The van der Waals surface area contributed by atoms with Gasteiger partial charge < -0.3 is 5.32 Å². The summed E-state index contributed by atoms with van der Waals surface area (Å²) in [6, 6.07) is 0. The molecule has 0 fully saturated rings. The normalized spacial score (nSPS) is 21.8. The third kappa shape index (κ3) is 1.99. The average molecular weight is 206 g/mol. The van der Waals surface area contributed by atoms with Gasteiger partial charge in [-0.25, -0.2) is 0 Å². The molecule has 4 nitrogen and oxygen atoms in total. The van der Waals surface area contributed by atoms with E-state index in [1.165, 1.54) is 16.5 Å². The fraction of sp³-hybridized carbons (Fsp3) is 0.455. The fourth-order valence-electron chi connectivity index (χ4n) is 1.80. The van der Waals surface area contributed by atoms with Crippen LogP contribution in [0.1, 0.15) is 13.3 Å². The van der Waals surface area contributed by atoms with Crippen LogP contribution >= 0.6 is 0 Å². The summed E-state index contributed by atoms with van der Waals surface area (Å²) < 4.78 is 0. The van der Waals surface area contributed by atoms with Gasteiger partial charge in [-0.2, -0.15) is 0 Å². The lowest BCUT2D eigenvalue weighted by atomic mass is 10.1. The maximum Gasteiger partial charge on any atom is 0.256 e. The largest absolute Gasteiger partial charge is 0.313 e. The van der Waals surface area contributed by atoms with Gasteiger partial charge >= 0.3 is 0 Å². The van der Waals surface area contributed by atoms with Gasteiger partial charge in [0, 0.05) is 18.2 Å². The van der Waals surface area contributed by atoms with Gasteiger partial charge in [0.15, 0.2) is 0 Å². The van der Waals surface area contributed by atoms with Crippen LogP contribution in [0.5, 0.6) is 0 Å². The van der Waals surface area contributed by atoms with Crippen LogP contribution in [0.3, 0.4) is 0 Å². The van der Waals surface area contributed by atoms with Crippen LogP contribution < -0.4 is 5.32 Å². The topological polar surface area (TPSA) is 49.4 Å². The summed E-state index contributed by atoms with van der Waals surface area (Å²) in [5.74, 6) is -0.337. The minimum atomic E-state index is -0.183. The Labute approximate surface area is 88.6 Å². The molecule has 4 heteroatoms. The highest BCUT2D eigenvalue weighted by Gasteiger charge is 2.28. The van der Waals surface area contributed by atoms with Crippen molar-refractivity contribution >= 4 is 11.8 Å². The zero-order chi connectivity index (χ0) is 10.8. The lowest BCUT2D eigenvalue weighted by Gasteiger charge is -2.19. The van der Waals surface area contributed by atoms with Crippen molar-refractivity contribution in [2.45, 2.75) is 13.3 Å². The first-order valence-corrected chi connectivity index (χ1v) is 5.11. The van der Waals surface area contributed by atoms with Crippen LogP contribution in [0.25, 0.3) is 0 Å². The molecule has 0 bridgehead atoms. The maximum absolute atomic E-state index is 11.6. The van der Waals surface area contributed by atoms with E-state index in [0.717, 1.165) is 19.5 Å². The molecule has 0 radical (unpaired) electrons. The number of hydrogen-bond acceptors (Lipinski definition) is 3. The number of amides is 2. The molecule has 2 amide bonds. The number of carbonyl (C=O) groups is 2. The molecule has 0 aliphatic carbocycles. The van der Waals surface area contributed by atoms with Gasteiger partial charge in [0.25, 0.3) is 11.8 Å². The second-order valence-electron chi connectivity index (χ2n) is 3.87. The maximum atomic E-state index is 11.6. The second-order valence-corrected chi connectivity index (χ2v) is 3.87. The number of carbonyl (C=O) groups excluding carboxylic acids is 2. The first-order valence-electron chi connectivity index (χ1n) is 5.11. The SMILES string of the molecule is CC1=CC(=O)N(CC2=CCNCC2)C1=O. The predicted molar refractivity (Wildman–Crippen MR) is 56.0 cm³/mol. The highest BCUT2D eigenvalue weighted by Crippen LogP contribution is 2.15. The molecule has 0 saturated carbocycles.